The number of rotatable bonds is 6. The quantitative estimate of drug-likeness (QED) is 0.426. The van der Waals surface area contributed by atoms with Gasteiger partial charge in [0.2, 0.25) is 5.91 Å². The first kappa shape index (κ1) is 30.0. The fourth-order valence-corrected chi connectivity index (χ4v) is 9.48. The van der Waals surface area contributed by atoms with Crippen LogP contribution in [0.15, 0.2) is 26.8 Å². The van der Waals surface area contributed by atoms with Crippen molar-refractivity contribution in [2.45, 2.75) is 49.0 Å². The second-order valence-electron chi connectivity index (χ2n) is 10.9. The standard InChI is InChI=1S/C28H31ClN6O6S2/c1-17-12-22-23(15-31-17)41-26(32-22)27(37)35-7-6-34(16-19(35)14-25(36)33-8-10-40-11-9-33)43(38,39)28-21(4-5-30)20-3-2-18(29)13-24(20)42-28/h2-3,13,17,19,31H,4,6-12,14-16H2,1H3. The van der Waals surface area contributed by atoms with E-state index in [-0.39, 0.29) is 54.5 Å². The number of nitriles is 1. The summed E-state index contributed by atoms with van der Waals surface area (Å²) < 4.78 is 41.5. The summed E-state index contributed by atoms with van der Waals surface area (Å²) in [5.41, 5.74) is 1.15. The predicted molar refractivity (Wildman–Crippen MR) is 158 cm³/mol. The van der Waals surface area contributed by atoms with Crippen LogP contribution in [0.1, 0.15) is 41.0 Å². The minimum absolute atomic E-state index is 0.0102. The zero-order valence-corrected chi connectivity index (χ0v) is 25.9. The molecule has 0 bridgehead atoms. The maximum atomic E-state index is 14.1. The minimum Gasteiger partial charge on any atom is -0.436 e. The number of fused-ring (bicyclic) bond motifs is 2. The molecule has 6 rings (SSSR count). The fourth-order valence-electron chi connectivity index (χ4n) is 5.83. The second-order valence-corrected chi connectivity index (χ2v) is 14.6. The Kier molecular flexibility index (Phi) is 8.47. The molecular weight excluding hydrogens is 616 g/mol. The number of thiophene rings is 1. The van der Waals surface area contributed by atoms with Gasteiger partial charge in [0.15, 0.2) is 0 Å². The molecule has 1 aromatic carbocycles. The molecule has 2 fully saturated rings. The zero-order chi connectivity index (χ0) is 30.3. The van der Waals surface area contributed by atoms with E-state index < -0.39 is 22.0 Å². The highest BCUT2D eigenvalue weighted by Gasteiger charge is 2.41. The maximum absolute atomic E-state index is 14.1. The SMILES string of the molecule is CC1Cc2nc(C(=O)N3CCN(S(=O)(=O)c4sc5cc(Cl)ccc5c4CC#N)CC3CC(=O)N3CCOCC3)oc2CN1. The number of amides is 2. The molecule has 2 saturated heterocycles. The number of nitrogens with one attached hydrogen (secondary N) is 1. The summed E-state index contributed by atoms with van der Waals surface area (Å²) in [4.78, 5) is 34.8. The van der Waals surface area contributed by atoms with Gasteiger partial charge in [0, 0.05) is 66.9 Å². The summed E-state index contributed by atoms with van der Waals surface area (Å²) in [5.74, 6) is -0.102. The van der Waals surface area contributed by atoms with E-state index in [1.165, 1.54) is 9.21 Å². The van der Waals surface area contributed by atoms with E-state index in [0.717, 1.165) is 17.0 Å². The van der Waals surface area contributed by atoms with Crippen LogP contribution in [0.25, 0.3) is 10.1 Å². The molecule has 2 aromatic heterocycles. The third-order valence-corrected chi connectivity index (χ3v) is 11.9. The molecule has 3 aliphatic heterocycles. The number of oxazole rings is 1. The first-order valence-corrected chi connectivity index (χ1v) is 16.8. The summed E-state index contributed by atoms with van der Waals surface area (Å²) in [5, 5.41) is 13.9. The smallest absolute Gasteiger partial charge is 0.310 e. The number of hydrogen-bond acceptors (Lipinski definition) is 10. The molecule has 12 nitrogen and oxygen atoms in total. The van der Waals surface area contributed by atoms with Crippen molar-refractivity contribution in [3.8, 4) is 6.07 Å². The van der Waals surface area contributed by atoms with Gasteiger partial charge >= 0.3 is 5.91 Å². The Labute approximate surface area is 258 Å². The van der Waals surface area contributed by atoms with Gasteiger partial charge in [-0.15, -0.1) is 11.3 Å². The van der Waals surface area contributed by atoms with Crippen LogP contribution in [-0.2, 0) is 38.9 Å². The normalized spacial score (nSPS) is 21.5. The van der Waals surface area contributed by atoms with Crippen LogP contribution in [0, 0.1) is 11.3 Å². The highest BCUT2D eigenvalue weighted by Crippen LogP contribution is 2.38. The third-order valence-electron chi connectivity index (χ3n) is 8.10. The molecule has 228 valence electrons. The van der Waals surface area contributed by atoms with Crippen molar-refractivity contribution in [2.75, 3.05) is 45.9 Å². The van der Waals surface area contributed by atoms with Gasteiger partial charge in [-0.2, -0.15) is 9.57 Å². The van der Waals surface area contributed by atoms with Gasteiger partial charge in [0.05, 0.1) is 44.0 Å². The topological polar surface area (TPSA) is 149 Å². The van der Waals surface area contributed by atoms with Crippen LogP contribution < -0.4 is 5.32 Å². The molecule has 3 aliphatic rings. The Morgan fingerprint density at radius 3 is 2.79 bits per heavy atom. The summed E-state index contributed by atoms with van der Waals surface area (Å²) >= 11 is 7.24. The van der Waals surface area contributed by atoms with Crippen molar-refractivity contribution in [3.63, 3.8) is 0 Å². The van der Waals surface area contributed by atoms with E-state index in [2.05, 4.69) is 16.4 Å². The third kappa shape index (κ3) is 5.90. The van der Waals surface area contributed by atoms with E-state index in [9.17, 15) is 23.3 Å². The number of carbonyl (C=O) groups excluding carboxylic acids is 2. The minimum atomic E-state index is -4.08. The number of sulfonamides is 1. The van der Waals surface area contributed by atoms with Crippen molar-refractivity contribution < 1.29 is 27.2 Å². The average Bonchev–Trinajstić information content (AvgIpc) is 3.58. The Balaban J connectivity index is 1.31. The number of aromatic nitrogens is 1. The molecule has 0 spiro atoms. The van der Waals surface area contributed by atoms with Crippen LogP contribution in [-0.4, -0.2) is 97.3 Å². The number of ether oxygens (including phenoxy) is 1. The molecule has 2 amide bonds. The van der Waals surface area contributed by atoms with E-state index in [1.54, 1.807) is 23.1 Å². The number of halogens is 1. The first-order valence-electron chi connectivity index (χ1n) is 14.1. The highest BCUT2D eigenvalue weighted by atomic mass is 35.5. The predicted octanol–water partition coefficient (Wildman–Crippen LogP) is 2.41. The van der Waals surface area contributed by atoms with Crippen molar-refractivity contribution in [1.82, 2.24) is 24.4 Å². The lowest BCUT2D eigenvalue weighted by atomic mass is 10.1. The number of morpholine rings is 1. The largest absolute Gasteiger partial charge is 0.436 e. The van der Waals surface area contributed by atoms with E-state index in [0.29, 0.717) is 65.7 Å². The van der Waals surface area contributed by atoms with E-state index >= 15 is 0 Å². The van der Waals surface area contributed by atoms with Crippen molar-refractivity contribution in [3.05, 3.63) is 46.1 Å². The van der Waals surface area contributed by atoms with Gasteiger partial charge < -0.3 is 24.3 Å². The number of nitrogens with zero attached hydrogens (tertiary/aromatic N) is 5. The first-order chi connectivity index (χ1) is 20.7. The van der Waals surface area contributed by atoms with Crippen molar-refractivity contribution in [1.29, 1.82) is 5.26 Å². The molecule has 15 heteroatoms. The van der Waals surface area contributed by atoms with Crippen LogP contribution >= 0.6 is 22.9 Å². The molecule has 3 aromatic rings. The number of carbonyl (C=O) groups is 2. The summed E-state index contributed by atoms with van der Waals surface area (Å²) in [6, 6.07) is 6.61. The van der Waals surface area contributed by atoms with Gasteiger partial charge in [0.25, 0.3) is 15.9 Å². The van der Waals surface area contributed by atoms with Gasteiger partial charge in [-0.1, -0.05) is 17.7 Å². The summed E-state index contributed by atoms with van der Waals surface area (Å²) in [6.07, 6.45) is 0.474. The van der Waals surface area contributed by atoms with Crippen molar-refractivity contribution in [2.24, 2.45) is 0 Å². The molecule has 0 radical (unpaired) electrons. The van der Waals surface area contributed by atoms with E-state index in [1.807, 2.05) is 6.92 Å². The lowest BCUT2D eigenvalue weighted by Crippen LogP contribution is -2.58. The number of piperazine rings is 1. The molecule has 5 heterocycles. The average molecular weight is 647 g/mol. The van der Waals surface area contributed by atoms with Gasteiger partial charge in [-0.3, -0.25) is 9.59 Å². The van der Waals surface area contributed by atoms with Gasteiger partial charge in [-0.25, -0.2) is 13.4 Å². The Hall–Kier alpha value is -3.06. The molecule has 1 N–H and O–H groups in total. The van der Waals surface area contributed by atoms with Crippen LogP contribution in [0.4, 0.5) is 0 Å². The monoisotopic (exact) mass is 646 g/mol. The Morgan fingerprint density at radius 2 is 2.02 bits per heavy atom. The van der Waals surface area contributed by atoms with Crippen LogP contribution in [0.3, 0.4) is 0 Å². The Bertz CT molecular complexity index is 1710. The van der Waals surface area contributed by atoms with Gasteiger partial charge in [0.1, 0.15) is 9.97 Å². The fraction of sp³-hybridized carbons (Fsp3) is 0.500. The summed E-state index contributed by atoms with van der Waals surface area (Å²) in [6.45, 7) is 4.16. The molecular formula is C28H31ClN6O6S2. The zero-order valence-electron chi connectivity index (χ0n) is 23.5. The second kappa shape index (κ2) is 12.1. The molecule has 2 atom stereocenters. The molecule has 43 heavy (non-hydrogen) atoms. The number of hydrogen-bond donors (Lipinski definition) is 1. The van der Waals surface area contributed by atoms with Crippen molar-refractivity contribution >= 4 is 54.9 Å². The highest BCUT2D eigenvalue weighted by molar-refractivity contribution is 7.91. The van der Waals surface area contributed by atoms with Gasteiger partial charge in [-0.05, 0) is 24.4 Å². The Morgan fingerprint density at radius 1 is 1.23 bits per heavy atom. The van der Waals surface area contributed by atoms with Crippen LogP contribution in [0.5, 0.6) is 0 Å². The molecule has 0 saturated carbocycles. The summed E-state index contributed by atoms with van der Waals surface area (Å²) in [7, 11) is -4.08. The van der Waals surface area contributed by atoms with Crippen LogP contribution in [0.2, 0.25) is 5.02 Å². The lowest BCUT2D eigenvalue weighted by molar-refractivity contribution is -0.136. The maximum Gasteiger partial charge on any atom is 0.310 e. The molecule has 2 unspecified atom stereocenters. The molecule has 0 aliphatic carbocycles. The lowest BCUT2D eigenvalue weighted by Gasteiger charge is -2.40. The number of benzene rings is 1. The van der Waals surface area contributed by atoms with E-state index in [4.69, 9.17) is 20.8 Å².